The van der Waals surface area contributed by atoms with Crippen LogP contribution in [0.25, 0.3) is 0 Å². The van der Waals surface area contributed by atoms with Crippen molar-refractivity contribution in [3.63, 3.8) is 0 Å². The molecular formula is C16H31N3O2. The van der Waals surface area contributed by atoms with E-state index in [1.165, 1.54) is 32.1 Å². The number of ether oxygens (including phenoxy) is 1. The van der Waals surface area contributed by atoms with E-state index in [0.717, 1.165) is 39.4 Å². The average Bonchev–Trinajstić information content (AvgIpc) is 2.47. The van der Waals surface area contributed by atoms with Gasteiger partial charge in [-0.25, -0.2) is 0 Å². The van der Waals surface area contributed by atoms with Crippen molar-refractivity contribution in [3.05, 3.63) is 0 Å². The molecule has 21 heavy (non-hydrogen) atoms. The number of hydrogen-bond acceptors (Lipinski definition) is 4. The van der Waals surface area contributed by atoms with E-state index in [2.05, 4.69) is 10.2 Å². The first-order valence-electron chi connectivity index (χ1n) is 8.42. The molecule has 1 amide bonds. The standard InChI is InChI=1S/C16H31N3O2/c1-14(17)11-15(20)18-12-16(5-3-2-4-6-16)13-19-7-9-21-10-8-19/h14H,2-13,17H2,1H3,(H,18,20). The van der Waals surface area contributed by atoms with E-state index in [0.29, 0.717) is 6.42 Å². The minimum Gasteiger partial charge on any atom is -0.379 e. The molecule has 0 aromatic carbocycles. The van der Waals surface area contributed by atoms with E-state index in [9.17, 15) is 4.79 Å². The van der Waals surface area contributed by atoms with Crippen LogP contribution < -0.4 is 11.1 Å². The third-order valence-electron chi connectivity index (χ3n) is 4.74. The molecule has 3 N–H and O–H groups in total. The van der Waals surface area contributed by atoms with Crippen LogP contribution in [0.3, 0.4) is 0 Å². The molecule has 0 aromatic heterocycles. The summed E-state index contributed by atoms with van der Waals surface area (Å²) < 4.78 is 5.44. The summed E-state index contributed by atoms with van der Waals surface area (Å²) in [4.78, 5) is 14.4. The second-order valence-electron chi connectivity index (χ2n) is 6.91. The Hall–Kier alpha value is -0.650. The van der Waals surface area contributed by atoms with E-state index in [1.54, 1.807) is 0 Å². The van der Waals surface area contributed by atoms with Crippen molar-refractivity contribution in [2.45, 2.75) is 51.5 Å². The molecule has 2 rings (SSSR count). The Labute approximate surface area is 128 Å². The number of morpholine rings is 1. The lowest BCUT2D eigenvalue weighted by Gasteiger charge is -2.42. The first-order chi connectivity index (χ1) is 10.1. The molecule has 0 spiro atoms. The fourth-order valence-electron chi connectivity index (χ4n) is 3.58. The molecule has 5 heteroatoms. The van der Waals surface area contributed by atoms with Gasteiger partial charge in [-0.05, 0) is 19.8 Å². The summed E-state index contributed by atoms with van der Waals surface area (Å²) in [6.07, 6.45) is 6.78. The number of nitrogens with zero attached hydrogens (tertiary/aromatic N) is 1. The van der Waals surface area contributed by atoms with Crippen molar-refractivity contribution in [2.75, 3.05) is 39.4 Å². The summed E-state index contributed by atoms with van der Waals surface area (Å²) in [5, 5.41) is 3.14. The number of carbonyl (C=O) groups excluding carboxylic acids is 1. The van der Waals surface area contributed by atoms with E-state index in [-0.39, 0.29) is 17.4 Å². The lowest BCUT2D eigenvalue weighted by molar-refractivity contribution is -0.122. The normalized spacial score (nSPS) is 24.5. The molecule has 2 fully saturated rings. The van der Waals surface area contributed by atoms with E-state index in [4.69, 9.17) is 10.5 Å². The molecule has 5 nitrogen and oxygen atoms in total. The van der Waals surface area contributed by atoms with Gasteiger partial charge in [-0.1, -0.05) is 19.3 Å². The predicted octanol–water partition coefficient (Wildman–Crippen LogP) is 1.12. The summed E-state index contributed by atoms with van der Waals surface area (Å²) in [5.74, 6) is 0.0944. The van der Waals surface area contributed by atoms with Gasteiger partial charge in [0.2, 0.25) is 5.91 Å². The maximum absolute atomic E-state index is 11.9. The Morgan fingerprint density at radius 2 is 1.95 bits per heavy atom. The Kier molecular flexibility index (Phi) is 6.45. The second kappa shape index (κ2) is 8.11. The smallest absolute Gasteiger partial charge is 0.221 e. The molecule has 1 aliphatic carbocycles. The van der Waals surface area contributed by atoms with Crippen LogP contribution in [0.1, 0.15) is 45.4 Å². The third-order valence-corrected chi connectivity index (χ3v) is 4.74. The molecule has 1 saturated heterocycles. The van der Waals surface area contributed by atoms with Crippen molar-refractivity contribution in [2.24, 2.45) is 11.1 Å². The molecular weight excluding hydrogens is 266 g/mol. The maximum atomic E-state index is 11.9. The number of nitrogens with one attached hydrogen (secondary N) is 1. The van der Waals surface area contributed by atoms with Gasteiger partial charge in [0.1, 0.15) is 0 Å². The monoisotopic (exact) mass is 297 g/mol. The zero-order valence-corrected chi connectivity index (χ0v) is 13.4. The second-order valence-corrected chi connectivity index (χ2v) is 6.91. The SMILES string of the molecule is CC(N)CC(=O)NCC1(CN2CCOCC2)CCCCC1. The van der Waals surface area contributed by atoms with Gasteiger partial charge < -0.3 is 15.8 Å². The molecule has 1 unspecified atom stereocenters. The quantitative estimate of drug-likeness (QED) is 0.771. The van der Waals surface area contributed by atoms with Gasteiger partial charge >= 0.3 is 0 Å². The number of carbonyl (C=O) groups is 1. The zero-order chi connectivity index (χ0) is 15.1. The van der Waals surface area contributed by atoms with Crippen LogP contribution in [-0.2, 0) is 9.53 Å². The van der Waals surface area contributed by atoms with Crippen LogP contribution in [0.15, 0.2) is 0 Å². The van der Waals surface area contributed by atoms with Crippen molar-refractivity contribution in [1.82, 2.24) is 10.2 Å². The van der Waals surface area contributed by atoms with Gasteiger partial charge in [0, 0.05) is 44.1 Å². The highest BCUT2D eigenvalue weighted by Gasteiger charge is 2.34. The molecule has 122 valence electrons. The Balaban J connectivity index is 1.87. The van der Waals surface area contributed by atoms with E-state index in [1.807, 2.05) is 6.92 Å². The molecule has 1 atom stereocenters. The maximum Gasteiger partial charge on any atom is 0.221 e. The zero-order valence-electron chi connectivity index (χ0n) is 13.4. The van der Waals surface area contributed by atoms with Crippen LogP contribution >= 0.6 is 0 Å². The highest BCUT2D eigenvalue weighted by atomic mass is 16.5. The molecule has 0 aromatic rings. The molecule has 2 aliphatic rings. The molecule has 1 aliphatic heterocycles. The highest BCUT2D eigenvalue weighted by Crippen LogP contribution is 2.36. The Morgan fingerprint density at radius 1 is 1.29 bits per heavy atom. The topological polar surface area (TPSA) is 67.6 Å². The minimum atomic E-state index is -0.0634. The van der Waals surface area contributed by atoms with E-state index >= 15 is 0 Å². The van der Waals surface area contributed by atoms with E-state index < -0.39 is 0 Å². The van der Waals surface area contributed by atoms with Gasteiger partial charge in [-0.3, -0.25) is 9.69 Å². The molecule has 1 saturated carbocycles. The van der Waals surface area contributed by atoms with Crippen molar-refractivity contribution < 1.29 is 9.53 Å². The largest absolute Gasteiger partial charge is 0.379 e. The minimum absolute atomic E-state index is 0.0634. The van der Waals surface area contributed by atoms with Crippen molar-refractivity contribution >= 4 is 5.91 Å². The van der Waals surface area contributed by atoms with Gasteiger partial charge in [0.05, 0.1) is 13.2 Å². The third kappa shape index (κ3) is 5.57. The van der Waals surface area contributed by atoms with Crippen LogP contribution in [0.5, 0.6) is 0 Å². The lowest BCUT2D eigenvalue weighted by Crippen LogP contribution is -2.49. The highest BCUT2D eigenvalue weighted by molar-refractivity contribution is 5.76. The number of nitrogens with two attached hydrogens (primary N) is 1. The van der Waals surface area contributed by atoms with Crippen LogP contribution in [-0.4, -0.2) is 56.2 Å². The molecule has 0 radical (unpaired) electrons. The summed E-state index contributed by atoms with van der Waals surface area (Å²) in [6.45, 7) is 7.50. The van der Waals surface area contributed by atoms with Crippen molar-refractivity contribution in [1.29, 1.82) is 0 Å². The summed E-state index contributed by atoms with van der Waals surface area (Å²) in [6, 6.07) is -0.0634. The van der Waals surface area contributed by atoms with Crippen LogP contribution in [0.4, 0.5) is 0 Å². The lowest BCUT2D eigenvalue weighted by atomic mass is 9.73. The number of rotatable bonds is 6. The average molecular weight is 297 g/mol. The van der Waals surface area contributed by atoms with Crippen LogP contribution in [0, 0.1) is 5.41 Å². The van der Waals surface area contributed by atoms with Gasteiger partial charge in [-0.15, -0.1) is 0 Å². The molecule has 0 bridgehead atoms. The van der Waals surface area contributed by atoms with Gasteiger partial charge in [-0.2, -0.15) is 0 Å². The van der Waals surface area contributed by atoms with Gasteiger partial charge in [0.15, 0.2) is 0 Å². The first-order valence-corrected chi connectivity index (χ1v) is 8.42. The van der Waals surface area contributed by atoms with Crippen LogP contribution in [0.2, 0.25) is 0 Å². The Bertz CT molecular complexity index is 321. The predicted molar refractivity (Wildman–Crippen MR) is 84.1 cm³/mol. The van der Waals surface area contributed by atoms with Crippen molar-refractivity contribution in [3.8, 4) is 0 Å². The molecule has 1 heterocycles. The number of amides is 1. The fraction of sp³-hybridized carbons (Fsp3) is 0.938. The first kappa shape index (κ1) is 16.7. The Morgan fingerprint density at radius 3 is 2.57 bits per heavy atom. The number of hydrogen-bond donors (Lipinski definition) is 2. The summed E-state index contributed by atoms with van der Waals surface area (Å²) in [7, 11) is 0. The summed E-state index contributed by atoms with van der Waals surface area (Å²) >= 11 is 0. The fourth-order valence-corrected chi connectivity index (χ4v) is 3.58. The summed E-state index contributed by atoms with van der Waals surface area (Å²) in [5.41, 5.74) is 5.95. The van der Waals surface area contributed by atoms with Gasteiger partial charge in [0.25, 0.3) is 0 Å².